The van der Waals surface area contributed by atoms with E-state index in [1.54, 1.807) is 17.0 Å². The van der Waals surface area contributed by atoms with Crippen LogP contribution >= 0.6 is 0 Å². The summed E-state index contributed by atoms with van der Waals surface area (Å²) in [4.78, 5) is 27.3. The summed E-state index contributed by atoms with van der Waals surface area (Å²) in [5, 5.41) is 13.0. The Kier molecular flexibility index (Phi) is 6.67. The number of nitrogens with one attached hydrogen (secondary N) is 2. The zero-order valence-electron chi connectivity index (χ0n) is 20.2. The van der Waals surface area contributed by atoms with Crippen LogP contribution in [0, 0.1) is 0 Å². The maximum Gasteiger partial charge on any atom is 0.258 e. The first kappa shape index (κ1) is 24.5. The number of aromatic hydroxyl groups is 1. The van der Waals surface area contributed by atoms with Crippen LogP contribution in [0.25, 0.3) is 11.1 Å². The van der Waals surface area contributed by atoms with Gasteiger partial charge in [-0.15, -0.1) is 0 Å². The predicted octanol–water partition coefficient (Wildman–Crippen LogP) is 4.50. The Hall–Kier alpha value is -3.65. The Morgan fingerprint density at radius 3 is 2.34 bits per heavy atom. The second-order valence-corrected chi connectivity index (χ2v) is 10.7. The van der Waals surface area contributed by atoms with Crippen LogP contribution in [0.15, 0.2) is 60.7 Å². The van der Waals surface area contributed by atoms with Crippen molar-refractivity contribution in [1.29, 1.82) is 0 Å². The van der Waals surface area contributed by atoms with Crippen molar-refractivity contribution in [3.8, 4) is 16.9 Å². The lowest BCUT2D eigenvalue weighted by molar-refractivity contribution is 0.0918. The molecule has 3 N–H and O–H groups in total. The van der Waals surface area contributed by atoms with Crippen LogP contribution < -0.4 is 14.9 Å². The number of phenolic OH excluding ortho intramolecular Hbond substituents is 1. The lowest BCUT2D eigenvalue weighted by Gasteiger charge is -2.29. The molecule has 1 unspecified atom stereocenters. The standard InChI is InChI=1S/C27H29N3O4S/c1-27(2,3)28-25(32)18-7-5-17(6-8-18)19-9-11-22-20(15-19)13-14-30(26(22)33)21-10-12-24(31)23(16-21)29-35(4)34/h5-12,15-16,29,31H,13-14H2,1-4H3,(H,28,32). The Bertz CT molecular complexity index is 1310. The first-order valence-corrected chi connectivity index (χ1v) is 12.9. The number of amides is 2. The molecule has 7 nitrogen and oxygen atoms in total. The number of rotatable bonds is 5. The van der Waals surface area contributed by atoms with Crippen LogP contribution in [0.5, 0.6) is 5.75 Å². The number of carbonyl (C=O) groups excluding carboxylic acids is 2. The summed E-state index contributed by atoms with van der Waals surface area (Å²) in [6.07, 6.45) is 2.14. The van der Waals surface area contributed by atoms with Crippen LogP contribution in [0.3, 0.4) is 0 Å². The Morgan fingerprint density at radius 1 is 1.00 bits per heavy atom. The lowest BCUT2D eigenvalue weighted by Crippen LogP contribution is -2.40. The van der Waals surface area contributed by atoms with Gasteiger partial charge in [0.15, 0.2) is 0 Å². The van der Waals surface area contributed by atoms with Gasteiger partial charge in [-0.25, -0.2) is 4.21 Å². The van der Waals surface area contributed by atoms with Gasteiger partial charge in [-0.3, -0.25) is 9.59 Å². The molecule has 3 aromatic carbocycles. The van der Waals surface area contributed by atoms with Gasteiger partial charge in [-0.2, -0.15) is 0 Å². The van der Waals surface area contributed by atoms with E-state index in [0.29, 0.717) is 35.5 Å². The Morgan fingerprint density at radius 2 is 1.69 bits per heavy atom. The predicted molar refractivity (Wildman–Crippen MR) is 140 cm³/mol. The molecule has 4 rings (SSSR count). The molecule has 0 spiro atoms. The summed E-state index contributed by atoms with van der Waals surface area (Å²) < 4.78 is 14.2. The third kappa shape index (κ3) is 5.54. The van der Waals surface area contributed by atoms with Crippen LogP contribution in [0.4, 0.5) is 11.4 Å². The molecule has 0 aliphatic carbocycles. The monoisotopic (exact) mass is 491 g/mol. The van der Waals surface area contributed by atoms with Crippen molar-refractivity contribution in [3.05, 3.63) is 77.4 Å². The number of fused-ring (bicyclic) bond motifs is 1. The van der Waals surface area contributed by atoms with Gasteiger partial charge in [0.05, 0.1) is 5.69 Å². The fourth-order valence-corrected chi connectivity index (χ4v) is 4.54. The second kappa shape index (κ2) is 9.54. The van der Waals surface area contributed by atoms with E-state index in [4.69, 9.17) is 0 Å². The normalized spacial score (nSPS) is 14.3. The van der Waals surface area contributed by atoms with Crippen molar-refractivity contribution in [2.24, 2.45) is 0 Å². The van der Waals surface area contributed by atoms with E-state index in [1.165, 1.54) is 12.3 Å². The molecular formula is C27H29N3O4S. The molecule has 1 atom stereocenters. The first-order chi connectivity index (χ1) is 16.5. The molecule has 0 saturated carbocycles. The molecule has 35 heavy (non-hydrogen) atoms. The number of carbonyl (C=O) groups is 2. The average Bonchev–Trinajstić information content (AvgIpc) is 2.79. The topological polar surface area (TPSA) is 98.7 Å². The third-order valence-electron chi connectivity index (χ3n) is 5.70. The molecule has 2 amide bonds. The van der Waals surface area contributed by atoms with Crippen molar-refractivity contribution in [3.63, 3.8) is 0 Å². The second-order valence-electron chi connectivity index (χ2n) is 9.62. The van der Waals surface area contributed by atoms with E-state index >= 15 is 0 Å². The third-order valence-corrected chi connectivity index (χ3v) is 6.21. The maximum atomic E-state index is 13.3. The van der Waals surface area contributed by atoms with Gasteiger partial charge in [0.1, 0.15) is 16.7 Å². The van der Waals surface area contributed by atoms with Gasteiger partial charge in [-0.05, 0) is 80.3 Å². The molecule has 1 aliphatic rings. The zero-order chi connectivity index (χ0) is 25.3. The van der Waals surface area contributed by atoms with Crippen LogP contribution in [-0.4, -0.2) is 39.5 Å². The average molecular weight is 492 g/mol. The van der Waals surface area contributed by atoms with E-state index in [9.17, 15) is 18.9 Å². The molecule has 0 fully saturated rings. The molecule has 1 heterocycles. The highest BCUT2D eigenvalue weighted by molar-refractivity contribution is 7.85. The number of benzene rings is 3. The maximum absolute atomic E-state index is 13.3. The molecular weight excluding hydrogens is 462 g/mol. The quantitative estimate of drug-likeness (QED) is 0.458. The number of hydrogen-bond donors (Lipinski definition) is 3. The van der Waals surface area contributed by atoms with E-state index in [1.807, 2.05) is 63.2 Å². The van der Waals surface area contributed by atoms with Gasteiger partial charge in [0.2, 0.25) is 0 Å². The van der Waals surface area contributed by atoms with Crippen molar-refractivity contribution >= 4 is 34.2 Å². The van der Waals surface area contributed by atoms with E-state index < -0.39 is 11.0 Å². The van der Waals surface area contributed by atoms with E-state index in [-0.39, 0.29) is 23.1 Å². The van der Waals surface area contributed by atoms with E-state index in [2.05, 4.69) is 10.0 Å². The molecule has 0 aromatic heterocycles. The molecule has 0 saturated heterocycles. The molecule has 182 valence electrons. The highest BCUT2D eigenvalue weighted by atomic mass is 32.2. The summed E-state index contributed by atoms with van der Waals surface area (Å²) in [6, 6.07) is 18.0. The van der Waals surface area contributed by atoms with Gasteiger partial charge in [0, 0.05) is 35.2 Å². The minimum Gasteiger partial charge on any atom is -0.506 e. The lowest BCUT2D eigenvalue weighted by atomic mass is 9.93. The largest absolute Gasteiger partial charge is 0.506 e. The smallest absolute Gasteiger partial charge is 0.258 e. The minimum atomic E-state index is -1.35. The Balaban J connectivity index is 1.55. The van der Waals surface area contributed by atoms with Crippen molar-refractivity contribution in [2.45, 2.75) is 32.7 Å². The summed E-state index contributed by atoms with van der Waals surface area (Å²) in [7, 11) is -1.35. The van der Waals surface area contributed by atoms with Crippen molar-refractivity contribution in [2.75, 3.05) is 22.4 Å². The van der Waals surface area contributed by atoms with Gasteiger partial charge in [-0.1, -0.05) is 24.3 Å². The minimum absolute atomic E-state index is 0.0274. The van der Waals surface area contributed by atoms with Crippen LogP contribution in [0.1, 0.15) is 47.1 Å². The van der Waals surface area contributed by atoms with Gasteiger partial charge < -0.3 is 20.0 Å². The SMILES string of the molecule is CS(=O)Nc1cc(N2CCc3cc(-c4ccc(C(=O)NC(C)(C)C)cc4)ccc3C2=O)ccc1O. The fraction of sp³-hybridized carbons (Fsp3) is 0.259. The summed E-state index contributed by atoms with van der Waals surface area (Å²) in [6.45, 7) is 6.32. The zero-order valence-corrected chi connectivity index (χ0v) is 21.0. The number of anilines is 2. The number of hydrogen-bond acceptors (Lipinski definition) is 4. The first-order valence-electron chi connectivity index (χ1n) is 11.3. The van der Waals surface area contributed by atoms with E-state index in [0.717, 1.165) is 16.7 Å². The molecule has 8 heteroatoms. The van der Waals surface area contributed by atoms with Crippen molar-refractivity contribution in [1.82, 2.24) is 5.32 Å². The summed E-state index contributed by atoms with van der Waals surface area (Å²) in [5.41, 5.74) is 4.78. The summed E-state index contributed by atoms with van der Waals surface area (Å²) in [5.74, 6) is -0.264. The molecule has 0 bridgehead atoms. The number of nitrogens with zero attached hydrogens (tertiary/aromatic N) is 1. The van der Waals surface area contributed by atoms with Crippen molar-refractivity contribution < 1.29 is 18.9 Å². The van der Waals surface area contributed by atoms with Gasteiger partial charge in [0.25, 0.3) is 11.8 Å². The molecule has 0 radical (unpaired) electrons. The molecule has 1 aliphatic heterocycles. The van der Waals surface area contributed by atoms with Crippen LogP contribution in [0.2, 0.25) is 0 Å². The van der Waals surface area contributed by atoms with Gasteiger partial charge >= 0.3 is 0 Å². The highest BCUT2D eigenvalue weighted by Crippen LogP contribution is 2.33. The summed E-state index contributed by atoms with van der Waals surface area (Å²) >= 11 is 0. The Labute approximate surface area is 207 Å². The highest BCUT2D eigenvalue weighted by Gasteiger charge is 2.26. The van der Waals surface area contributed by atoms with Crippen LogP contribution in [-0.2, 0) is 17.4 Å². The fourth-order valence-electron chi connectivity index (χ4n) is 4.07. The molecule has 3 aromatic rings. The number of phenols is 1.